The SMILES string of the molecule is COCCNC(=S)/N=C(/Nc1nc(C)cc(C)n1)N1CCN(c2cccc(Cl)c2)CC1. The van der Waals surface area contributed by atoms with Gasteiger partial charge in [0.05, 0.1) is 6.61 Å². The summed E-state index contributed by atoms with van der Waals surface area (Å²) in [4.78, 5) is 18.1. The van der Waals surface area contributed by atoms with Gasteiger partial charge in [-0.2, -0.15) is 4.99 Å². The van der Waals surface area contributed by atoms with Crippen LogP contribution >= 0.6 is 23.8 Å². The molecule has 1 aliphatic rings. The van der Waals surface area contributed by atoms with Gasteiger partial charge in [0.15, 0.2) is 5.11 Å². The van der Waals surface area contributed by atoms with E-state index in [0.29, 0.717) is 30.2 Å². The topological polar surface area (TPSA) is 77.9 Å². The lowest BCUT2D eigenvalue weighted by Crippen LogP contribution is -2.51. The van der Waals surface area contributed by atoms with Gasteiger partial charge in [-0.25, -0.2) is 9.97 Å². The molecule has 2 aromatic rings. The lowest BCUT2D eigenvalue weighted by atomic mass is 10.2. The molecule has 0 unspecified atom stereocenters. The van der Waals surface area contributed by atoms with Crippen LogP contribution in [0.15, 0.2) is 35.3 Å². The van der Waals surface area contributed by atoms with Crippen LogP contribution in [0, 0.1) is 13.8 Å². The summed E-state index contributed by atoms with van der Waals surface area (Å²) in [5.41, 5.74) is 2.90. The number of piperazine rings is 1. The van der Waals surface area contributed by atoms with Gasteiger partial charge in [0.2, 0.25) is 11.9 Å². The number of nitrogens with one attached hydrogen (secondary N) is 2. The molecule has 1 saturated heterocycles. The zero-order valence-corrected chi connectivity index (χ0v) is 19.6. The number of anilines is 2. The van der Waals surface area contributed by atoms with E-state index in [1.165, 1.54) is 0 Å². The third kappa shape index (κ3) is 7.02. The quantitative estimate of drug-likeness (QED) is 0.304. The van der Waals surface area contributed by atoms with Crippen molar-refractivity contribution in [2.75, 3.05) is 56.7 Å². The normalized spacial score (nSPS) is 14.5. The van der Waals surface area contributed by atoms with Crippen molar-refractivity contribution in [1.82, 2.24) is 20.2 Å². The van der Waals surface area contributed by atoms with Gasteiger partial charge >= 0.3 is 0 Å². The first-order valence-corrected chi connectivity index (χ1v) is 10.9. The lowest BCUT2D eigenvalue weighted by molar-refractivity contribution is 0.204. The van der Waals surface area contributed by atoms with Crippen LogP contribution in [0.25, 0.3) is 0 Å². The lowest BCUT2D eigenvalue weighted by Gasteiger charge is -2.37. The van der Waals surface area contributed by atoms with Crippen LogP contribution in [-0.2, 0) is 4.74 Å². The standard InChI is InChI=1S/C21H28ClN7OS/c1-15-13-16(2)25-19(24-15)26-20(27-21(31)23-7-12-30-3)29-10-8-28(9-11-29)18-6-4-5-17(22)14-18/h4-6,13-14H,7-12H2,1-3H3,(H2,23,24,25,26,27,31). The summed E-state index contributed by atoms with van der Waals surface area (Å²) in [5, 5.41) is 7.49. The molecule has 0 amide bonds. The summed E-state index contributed by atoms with van der Waals surface area (Å²) < 4.78 is 5.07. The predicted molar refractivity (Wildman–Crippen MR) is 130 cm³/mol. The van der Waals surface area contributed by atoms with Gasteiger partial charge in [-0.05, 0) is 50.3 Å². The molecule has 0 saturated carbocycles. The number of rotatable bonds is 5. The van der Waals surface area contributed by atoms with E-state index in [4.69, 9.17) is 28.6 Å². The highest BCUT2D eigenvalue weighted by Gasteiger charge is 2.21. The maximum absolute atomic E-state index is 6.16. The molecule has 1 fully saturated rings. The summed E-state index contributed by atoms with van der Waals surface area (Å²) >= 11 is 11.6. The Morgan fingerprint density at radius 1 is 1.16 bits per heavy atom. The predicted octanol–water partition coefficient (Wildman–Crippen LogP) is 2.86. The number of thiocarbonyl (C=S) groups is 1. The Morgan fingerprint density at radius 3 is 2.52 bits per heavy atom. The second kappa shape index (κ2) is 11.2. The molecule has 0 radical (unpaired) electrons. The maximum Gasteiger partial charge on any atom is 0.229 e. The number of benzene rings is 1. The van der Waals surface area contributed by atoms with Crippen LogP contribution in [0.2, 0.25) is 5.02 Å². The first kappa shape index (κ1) is 23.2. The number of hydrogen-bond acceptors (Lipinski definition) is 5. The van der Waals surface area contributed by atoms with Crippen molar-refractivity contribution in [2.45, 2.75) is 13.8 Å². The van der Waals surface area contributed by atoms with E-state index >= 15 is 0 Å². The summed E-state index contributed by atoms with van der Waals surface area (Å²) in [5.74, 6) is 1.14. The van der Waals surface area contributed by atoms with E-state index in [0.717, 1.165) is 48.3 Å². The third-order valence-corrected chi connectivity index (χ3v) is 5.22. The number of aliphatic imine (C=N–C) groups is 1. The van der Waals surface area contributed by atoms with Gasteiger partial charge in [-0.15, -0.1) is 0 Å². The molecule has 0 spiro atoms. The molecular weight excluding hydrogens is 434 g/mol. The minimum atomic E-state index is 0.390. The second-order valence-electron chi connectivity index (χ2n) is 7.21. The highest BCUT2D eigenvalue weighted by Crippen LogP contribution is 2.21. The molecular formula is C21H28ClN7OS. The first-order valence-electron chi connectivity index (χ1n) is 10.1. The Bertz CT molecular complexity index is 911. The zero-order chi connectivity index (χ0) is 22.2. The van der Waals surface area contributed by atoms with E-state index in [9.17, 15) is 0 Å². The van der Waals surface area contributed by atoms with E-state index in [1.807, 2.05) is 38.1 Å². The van der Waals surface area contributed by atoms with Crippen molar-refractivity contribution in [3.8, 4) is 0 Å². The van der Waals surface area contributed by atoms with E-state index in [2.05, 4.69) is 41.5 Å². The fourth-order valence-electron chi connectivity index (χ4n) is 3.30. The molecule has 0 aliphatic carbocycles. The van der Waals surface area contributed by atoms with Crippen LogP contribution in [0.5, 0.6) is 0 Å². The van der Waals surface area contributed by atoms with Crippen LogP contribution in [0.4, 0.5) is 11.6 Å². The Hall–Kier alpha value is -2.49. The molecule has 1 aromatic heterocycles. The fourth-order valence-corrected chi connectivity index (χ4v) is 3.68. The molecule has 3 rings (SSSR count). The molecule has 0 atom stereocenters. The summed E-state index contributed by atoms with van der Waals surface area (Å²) in [7, 11) is 1.65. The van der Waals surface area contributed by atoms with Gasteiger partial charge in [-0.1, -0.05) is 17.7 Å². The first-order chi connectivity index (χ1) is 14.9. The number of halogens is 1. The third-order valence-electron chi connectivity index (χ3n) is 4.75. The Kier molecular flexibility index (Phi) is 8.39. The Balaban J connectivity index is 1.73. The van der Waals surface area contributed by atoms with Gasteiger partial charge < -0.3 is 19.9 Å². The molecule has 31 heavy (non-hydrogen) atoms. The van der Waals surface area contributed by atoms with Crippen molar-refractivity contribution < 1.29 is 4.74 Å². The number of guanidine groups is 1. The molecule has 10 heteroatoms. The summed E-state index contributed by atoms with van der Waals surface area (Å²) in [6.07, 6.45) is 0. The van der Waals surface area contributed by atoms with Crippen molar-refractivity contribution in [3.63, 3.8) is 0 Å². The average Bonchev–Trinajstić information content (AvgIpc) is 2.73. The molecule has 1 aromatic carbocycles. The molecule has 2 heterocycles. The van der Waals surface area contributed by atoms with Crippen molar-refractivity contribution in [3.05, 3.63) is 46.7 Å². The number of aromatic nitrogens is 2. The van der Waals surface area contributed by atoms with Crippen LogP contribution < -0.4 is 15.5 Å². The second-order valence-corrected chi connectivity index (χ2v) is 8.04. The Labute approximate surface area is 193 Å². The van der Waals surface area contributed by atoms with E-state index < -0.39 is 0 Å². The zero-order valence-electron chi connectivity index (χ0n) is 18.1. The average molecular weight is 462 g/mol. The fraction of sp³-hybridized carbons (Fsp3) is 0.429. The Morgan fingerprint density at radius 2 is 1.87 bits per heavy atom. The summed E-state index contributed by atoms with van der Waals surface area (Å²) in [6, 6.07) is 9.86. The van der Waals surface area contributed by atoms with Crippen molar-refractivity contribution in [2.24, 2.45) is 4.99 Å². The number of hydrogen-bond donors (Lipinski definition) is 2. The number of methoxy groups -OCH3 is 1. The highest BCUT2D eigenvalue weighted by molar-refractivity contribution is 7.80. The minimum Gasteiger partial charge on any atom is -0.383 e. The monoisotopic (exact) mass is 461 g/mol. The van der Waals surface area contributed by atoms with Gasteiger partial charge in [0, 0.05) is 61.9 Å². The van der Waals surface area contributed by atoms with Gasteiger partial charge in [0.25, 0.3) is 0 Å². The maximum atomic E-state index is 6.16. The smallest absolute Gasteiger partial charge is 0.229 e. The molecule has 1 aliphatic heterocycles. The van der Waals surface area contributed by atoms with Crippen LogP contribution in [0.3, 0.4) is 0 Å². The molecule has 166 valence electrons. The van der Waals surface area contributed by atoms with Crippen molar-refractivity contribution >= 4 is 46.5 Å². The highest BCUT2D eigenvalue weighted by atomic mass is 35.5. The van der Waals surface area contributed by atoms with Crippen LogP contribution in [0.1, 0.15) is 11.4 Å². The van der Waals surface area contributed by atoms with Gasteiger partial charge in [-0.3, -0.25) is 5.32 Å². The van der Waals surface area contributed by atoms with Crippen LogP contribution in [-0.4, -0.2) is 72.4 Å². The molecule has 2 N–H and O–H groups in total. The molecule has 8 nitrogen and oxygen atoms in total. The van der Waals surface area contributed by atoms with E-state index in [1.54, 1.807) is 7.11 Å². The molecule has 0 bridgehead atoms. The largest absolute Gasteiger partial charge is 0.383 e. The number of nitrogens with zero attached hydrogens (tertiary/aromatic N) is 5. The summed E-state index contributed by atoms with van der Waals surface area (Å²) in [6.45, 7) is 8.23. The number of ether oxygens (including phenoxy) is 1. The van der Waals surface area contributed by atoms with E-state index in [-0.39, 0.29) is 0 Å². The number of aryl methyl sites for hydroxylation is 2. The minimum absolute atomic E-state index is 0.390. The van der Waals surface area contributed by atoms with Gasteiger partial charge in [0.1, 0.15) is 0 Å². The van der Waals surface area contributed by atoms with Crippen molar-refractivity contribution in [1.29, 1.82) is 0 Å².